The van der Waals surface area contributed by atoms with Crippen molar-refractivity contribution in [3.63, 3.8) is 0 Å². The van der Waals surface area contributed by atoms with E-state index in [2.05, 4.69) is 0 Å². The Morgan fingerprint density at radius 2 is 1.95 bits per heavy atom. The molecule has 0 bridgehead atoms. The highest BCUT2D eigenvalue weighted by molar-refractivity contribution is 6.22. The molecule has 1 aliphatic carbocycles. The van der Waals surface area contributed by atoms with Crippen molar-refractivity contribution in [2.24, 2.45) is 17.8 Å². The molecule has 0 radical (unpaired) electrons. The summed E-state index contributed by atoms with van der Waals surface area (Å²) in [7, 11) is 0. The maximum Gasteiger partial charge on any atom is 0.240 e. The van der Waals surface area contributed by atoms with Crippen LogP contribution >= 0.6 is 0 Å². The average Bonchev–Trinajstić information content (AvgIpc) is 3.09. The van der Waals surface area contributed by atoms with Crippen molar-refractivity contribution < 1.29 is 14.3 Å². The van der Waals surface area contributed by atoms with Crippen molar-refractivity contribution in [1.82, 2.24) is 0 Å². The summed E-state index contributed by atoms with van der Waals surface area (Å²) >= 11 is 0. The molecular formula is C18H19NO3. The van der Waals surface area contributed by atoms with E-state index in [4.69, 9.17) is 4.74 Å². The molecule has 1 aromatic rings. The third kappa shape index (κ3) is 1.73. The number of imide groups is 1. The zero-order valence-corrected chi connectivity index (χ0v) is 12.6. The normalized spacial score (nSPS) is 37.1. The minimum Gasteiger partial charge on any atom is -0.370 e. The fourth-order valence-electron chi connectivity index (χ4n) is 4.16. The molecule has 0 saturated carbocycles. The molecule has 0 N–H and O–H groups in total. The lowest BCUT2D eigenvalue weighted by atomic mass is 9.69. The molecule has 2 heterocycles. The first kappa shape index (κ1) is 13.7. The molecule has 4 nitrogen and oxygen atoms in total. The first-order valence-corrected chi connectivity index (χ1v) is 7.90. The van der Waals surface area contributed by atoms with Crippen LogP contribution in [-0.4, -0.2) is 24.0 Å². The Morgan fingerprint density at radius 1 is 1.18 bits per heavy atom. The number of rotatable bonds is 1. The summed E-state index contributed by atoms with van der Waals surface area (Å²) in [5, 5.41) is 0. The molecule has 2 amide bonds. The van der Waals surface area contributed by atoms with Gasteiger partial charge in [-0.1, -0.05) is 37.3 Å². The second-order valence-electron chi connectivity index (χ2n) is 6.48. The van der Waals surface area contributed by atoms with Gasteiger partial charge in [-0.3, -0.25) is 9.59 Å². The molecule has 4 rings (SSSR count). The van der Waals surface area contributed by atoms with Crippen molar-refractivity contribution in [1.29, 1.82) is 0 Å². The van der Waals surface area contributed by atoms with Gasteiger partial charge in [-0.25, -0.2) is 4.90 Å². The average molecular weight is 297 g/mol. The molecule has 114 valence electrons. The predicted octanol–water partition coefficient (Wildman–Crippen LogP) is 2.55. The van der Waals surface area contributed by atoms with E-state index >= 15 is 0 Å². The molecule has 22 heavy (non-hydrogen) atoms. The molecule has 2 aliphatic heterocycles. The molecule has 1 spiro atoms. The second kappa shape index (κ2) is 4.78. The lowest BCUT2D eigenvalue weighted by Crippen LogP contribution is -2.46. The number of para-hydroxylation sites is 1. The van der Waals surface area contributed by atoms with Crippen LogP contribution in [0.25, 0.3) is 0 Å². The van der Waals surface area contributed by atoms with Crippen LogP contribution in [0.15, 0.2) is 42.5 Å². The zero-order chi connectivity index (χ0) is 15.3. The van der Waals surface area contributed by atoms with Gasteiger partial charge in [0.15, 0.2) is 0 Å². The van der Waals surface area contributed by atoms with E-state index in [0.29, 0.717) is 12.3 Å². The van der Waals surface area contributed by atoms with Crippen molar-refractivity contribution in [2.75, 3.05) is 11.5 Å². The smallest absolute Gasteiger partial charge is 0.240 e. The highest BCUT2D eigenvalue weighted by Crippen LogP contribution is 2.50. The van der Waals surface area contributed by atoms with Crippen molar-refractivity contribution in [3.8, 4) is 0 Å². The molecular weight excluding hydrogens is 278 g/mol. The van der Waals surface area contributed by atoms with Crippen LogP contribution in [0.2, 0.25) is 0 Å². The Hall–Kier alpha value is -1.94. The number of anilines is 1. The first-order valence-electron chi connectivity index (χ1n) is 7.90. The summed E-state index contributed by atoms with van der Waals surface area (Å²) in [6.45, 7) is 2.67. The highest BCUT2D eigenvalue weighted by Gasteiger charge is 2.61. The Morgan fingerprint density at radius 3 is 2.64 bits per heavy atom. The topological polar surface area (TPSA) is 46.6 Å². The number of fused-ring (bicyclic) bond motifs is 2. The van der Waals surface area contributed by atoms with E-state index in [1.54, 1.807) is 0 Å². The molecule has 0 unspecified atom stereocenters. The van der Waals surface area contributed by atoms with E-state index in [9.17, 15) is 9.59 Å². The van der Waals surface area contributed by atoms with Crippen molar-refractivity contribution >= 4 is 17.5 Å². The molecule has 4 atom stereocenters. The van der Waals surface area contributed by atoms with Gasteiger partial charge in [0.1, 0.15) is 0 Å². The number of hydrogen-bond acceptors (Lipinski definition) is 3. The Balaban J connectivity index is 1.80. The number of benzene rings is 1. The highest BCUT2D eigenvalue weighted by atomic mass is 16.5. The van der Waals surface area contributed by atoms with Gasteiger partial charge >= 0.3 is 0 Å². The van der Waals surface area contributed by atoms with Gasteiger partial charge in [-0.2, -0.15) is 0 Å². The summed E-state index contributed by atoms with van der Waals surface area (Å²) in [4.78, 5) is 27.3. The predicted molar refractivity (Wildman–Crippen MR) is 82.1 cm³/mol. The number of nitrogens with zero attached hydrogens (tertiary/aromatic N) is 1. The Labute approximate surface area is 129 Å². The van der Waals surface area contributed by atoms with Crippen LogP contribution in [0.4, 0.5) is 5.69 Å². The van der Waals surface area contributed by atoms with Gasteiger partial charge in [0, 0.05) is 6.61 Å². The maximum absolute atomic E-state index is 13.0. The Bertz CT molecular complexity index is 646. The third-order valence-corrected chi connectivity index (χ3v) is 5.22. The monoisotopic (exact) mass is 297 g/mol. The van der Waals surface area contributed by atoms with Gasteiger partial charge in [0.2, 0.25) is 11.8 Å². The van der Waals surface area contributed by atoms with E-state index in [-0.39, 0.29) is 29.6 Å². The molecule has 1 aromatic carbocycles. The Kier molecular flexibility index (Phi) is 2.98. The second-order valence-corrected chi connectivity index (χ2v) is 6.48. The number of amides is 2. The molecule has 3 aliphatic rings. The molecule has 4 heteroatoms. The summed E-state index contributed by atoms with van der Waals surface area (Å²) in [6, 6.07) is 9.21. The SMILES string of the molecule is C[C@@H]1C=C[C@]2(CCCO2)[C@@H]2C(=O)N(c3ccccc3)C(=O)[C@H]12. The number of ether oxygens (including phenoxy) is 1. The quantitative estimate of drug-likeness (QED) is 0.591. The number of allylic oxidation sites excluding steroid dienone is 1. The minimum absolute atomic E-state index is 0.0602. The maximum atomic E-state index is 13.0. The lowest BCUT2D eigenvalue weighted by Gasteiger charge is -2.37. The number of carbonyl (C=O) groups is 2. The van der Waals surface area contributed by atoms with Crippen LogP contribution in [0, 0.1) is 17.8 Å². The fourth-order valence-corrected chi connectivity index (χ4v) is 4.16. The summed E-state index contributed by atoms with van der Waals surface area (Å²) in [5.74, 6) is -0.837. The van der Waals surface area contributed by atoms with Crippen LogP contribution < -0.4 is 4.90 Å². The van der Waals surface area contributed by atoms with Crippen LogP contribution in [-0.2, 0) is 14.3 Å². The lowest BCUT2D eigenvalue weighted by molar-refractivity contribution is -0.131. The van der Waals surface area contributed by atoms with Gasteiger partial charge < -0.3 is 4.74 Å². The van der Waals surface area contributed by atoms with Gasteiger partial charge in [-0.05, 0) is 30.9 Å². The van der Waals surface area contributed by atoms with Crippen LogP contribution in [0.3, 0.4) is 0 Å². The van der Waals surface area contributed by atoms with Gasteiger partial charge in [-0.15, -0.1) is 0 Å². The van der Waals surface area contributed by atoms with E-state index < -0.39 is 5.60 Å². The first-order chi connectivity index (χ1) is 10.6. The molecule has 0 aromatic heterocycles. The van der Waals surface area contributed by atoms with Crippen molar-refractivity contribution in [2.45, 2.75) is 25.4 Å². The largest absolute Gasteiger partial charge is 0.370 e. The van der Waals surface area contributed by atoms with Gasteiger partial charge in [0.05, 0.1) is 23.1 Å². The summed E-state index contributed by atoms with van der Waals surface area (Å²) in [5.41, 5.74) is 0.0835. The third-order valence-electron chi connectivity index (χ3n) is 5.22. The van der Waals surface area contributed by atoms with E-state index in [1.807, 2.05) is 49.4 Å². The zero-order valence-electron chi connectivity index (χ0n) is 12.6. The standard InChI is InChI=1S/C18H19NO3/c1-12-8-10-18(9-5-11-22-18)15-14(12)16(20)19(17(15)21)13-6-3-2-4-7-13/h2-4,6-8,10,12,14-15H,5,9,11H2,1H3/t12-,14-,15+,18-/m1/s1. The van der Waals surface area contributed by atoms with Gasteiger partial charge in [0.25, 0.3) is 0 Å². The summed E-state index contributed by atoms with van der Waals surface area (Å²) < 4.78 is 5.96. The number of carbonyl (C=O) groups excluding carboxylic acids is 2. The van der Waals surface area contributed by atoms with E-state index in [0.717, 1.165) is 12.8 Å². The summed E-state index contributed by atoms with van der Waals surface area (Å²) in [6.07, 6.45) is 5.84. The molecule has 2 saturated heterocycles. The van der Waals surface area contributed by atoms with Crippen LogP contribution in [0.1, 0.15) is 19.8 Å². The number of hydrogen-bond donors (Lipinski definition) is 0. The van der Waals surface area contributed by atoms with E-state index in [1.165, 1.54) is 4.90 Å². The minimum atomic E-state index is -0.576. The fraction of sp³-hybridized carbons (Fsp3) is 0.444. The van der Waals surface area contributed by atoms with Crippen LogP contribution in [0.5, 0.6) is 0 Å². The van der Waals surface area contributed by atoms with Crippen molar-refractivity contribution in [3.05, 3.63) is 42.5 Å². The molecule has 2 fully saturated rings.